The lowest BCUT2D eigenvalue weighted by molar-refractivity contribution is 0.739. The highest BCUT2D eigenvalue weighted by Crippen LogP contribution is 2.44. The third-order valence-electron chi connectivity index (χ3n) is 9.31. The Labute approximate surface area is 262 Å². The quantitative estimate of drug-likeness (QED) is 0.191. The van der Waals surface area contributed by atoms with Crippen LogP contribution in [0.2, 0.25) is 0 Å². The normalized spacial score (nSPS) is 17.2. The highest BCUT2D eigenvalue weighted by molar-refractivity contribution is 6.22. The Morgan fingerprint density at radius 3 is 1.67 bits per heavy atom. The highest BCUT2D eigenvalue weighted by Gasteiger charge is 2.35. The zero-order chi connectivity index (χ0) is 29.7. The number of para-hydroxylation sites is 1. The Hall–Kier alpha value is -5.73. The van der Waals surface area contributed by atoms with E-state index in [2.05, 4.69) is 175 Å². The number of amidine groups is 1. The topological polar surface area (TPSA) is 15.6 Å². The van der Waals surface area contributed by atoms with Gasteiger partial charge >= 0.3 is 0 Å². The first kappa shape index (κ1) is 25.7. The molecule has 2 nitrogen and oxygen atoms in total. The van der Waals surface area contributed by atoms with Crippen LogP contribution in [0.5, 0.6) is 0 Å². The first-order chi connectivity index (χ1) is 22.3. The molecule has 7 aromatic rings. The van der Waals surface area contributed by atoms with Crippen molar-refractivity contribution in [1.29, 1.82) is 0 Å². The Balaban J connectivity index is 1.20. The molecule has 0 radical (unpaired) electrons. The molecular weight excluding hydrogens is 544 g/mol. The van der Waals surface area contributed by atoms with Crippen LogP contribution in [-0.2, 0) is 0 Å². The summed E-state index contributed by atoms with van der Waals surface area (Å²) in [6.07, 6.45) is 8.71. The number of hydrogen-bond donors (Lipinski definition) is 0. The molecule has 0 N–H and O–H groups in total. The molecule has 0 bridgehead atoms. The SMILES string of the molecule is C1=CC2N=C(c3ccc(-c4c5ccccc5c(-c5ccc6ccccc6c5)c5ccccc45)cc3)N(c3ccccc3)C2C=C1. The van der Waals surface area contributed by atoms with Crippen molar-refractivity contribution in [3.05, 3.63) is 175 Å². The summed E-state index contributed by atoms with van der Waals surface area (Å²) in [5.41, 5.74) is 7.29. The Kier molecular flexibility index (Phi) is 5.99. The number of allylic oxidation sites excluding steroid dienone is 2. The van der Waals surface area contributed by atoms with E-state index in [-0.39, 0.29) is 12.1 Å². The Morgan fingerprint density at radius 1 is 0.444 bits per heavy atom. The lowest BCUT2D eigenvalue weighted by Gasteiger charge is -2.29. The van der Waals surface area contributed by atoms with Crippen LogP contribution < -0.4 is 4.90 Å². The number of fused-ring (bicyclic) bond motifs is 4. The molecule has 0 spiro atoms. The summed E-state index contributed by atoms with van der Waals surface area (Å²) in [6, 6.07) is 53.2. The van der Waals surface area contributed by atoms with Crippen LogP contribution in [0.15, 0.2) is 175 Å². The second-order valence-electron chi connectivity index (χ2n) is 11.9. The molecule has 1 heterocycles. The van der Waals surface area contributed by atoms with E-state index in [4.69, 9.17) is 4.99 Å². The van der Waals surface area contributed by atoms with Crippen LogP contribution in [-0.4, -0.2) is 17.9 Å². The van der Waals surface area contributed by atoms with Crippen molar-refractivity contribution in [3.63, 3.8) is 0 Å². The van der Waals surface area contributed by atoms with Gasteiger partial charge in [-0.25, -0.2) is 0 Å². The summed E-state index contributed by atoms with van der Waals surface area (Å²) in [5, 5.41) is 7.57. The summed E-state index contributed by atoms with van der Waals surface area (Å²) in [4.78, 5) is 7.59. The van der Waals surface area contributed by atoms with Gasteiger partial charge in [-0.2, -0.15) is 0 Å². The molecule has 2 atom stereocenters. The predicted molar refractivity (Wildman–Crippen MR) is 191 cm³/mol. The van der Waals surface area contributed by atoms with E-state index < -0.39 is 0 Å². The van der Waals surface area contributed by atoms with Crippen molar-refractivity contribution >= 4 is 43.8 Å². The highest BCUT2D eigenvalue weighted by atomic mass is 15.3. The van der Waals surface area contributed by atoms with Crippen molar-refractivity contribution in [2.45, 2.75) is 12.1 Å². The van der Waals surface area contributed by atoms with E-state index in [9.17, 15) is 0 Å². The number of benzene rings is 7. The maximum Gasteiger partial charge on any atom is 0.136 e. The predicted octanol–water partition coefficient (Wildman–Crippen LogP) is 10.6. The average Bonchev–Trinajstić information content (AvgIpc) is 3.50. The van der Waals surface area contributed by atoms with Crippen LogP contribution in [0.4, 0.5) is 5.69 Å². The van der Waals surface area contributed by atoms with Crippen LogP contribution >= 0.6 is 0 Å². The van der Waals surface area contributed by atoms with Gasteiger partial charge in [0, 0.05) is 11.3 Å². The van der Waals surface area contributed by atoms with Crippen molar-refractivity contribution in [1.82, 2.24) is 0 Å². The van der Waals surface area contributed by atoms with E-state index in [1.807, 2.05) is 0 Å². The van der Waals surface area contributed by atoms with Crippen molar-refractivity contribution in [2.24, 2.45) is 4.99 Å². The van der Waals surface area contributed by atoms with Gasteiger partial charge in [-0.15, -0.1) is 0 Å². The minimum atomic E-state index is 0.112. The first-order valence-electron chi connectivity index (χ1n) is 15.6. The summed E-state index contributed by atoms with van der Waals surface area (Å²) in [7, 11) is 0. The number of nitrogens with zero attached hydrogens (tertiary/aromatic N) is 2. The van der Waals surface area contributed by atoms with Gasteiger partial charge in [0.1, 0.15) is 5.84 Å². The largest absolute Gasteiger partial charge is 0.317 e. The Bertz CT molecular complexity index is 2270. The molecule has 0 amide bonds. The summed E-state index contributed by atoms with van der Waals surface area (Å²) in [6.45, 7) is 0. The van der Waals surface area contributed by atoms with E-state index >= 15 is 0 Å². The van der Waals surface area contributed by atoms with Gasteiger partial charge in [-0.1, -0.05) is 152 Å². The van der Waals surface area contributed by atoms with Gasteiger partial charge in [-0.05, 0) is 72.8 Å². The van der Waals surface area contributed by atoms with Gasteiger partial charge in [0.15, 0.2) is 0 Å². The smallest absolute Gasteiger partial charge is 0.136 e. The molecule has 2 aliphatic rings. The van der Waals surface area contributed by atoms with Gasteiger partial charge < -0.3 is 4.90 Å². The van der Waals surface area contributed by atoms with E-state index in [1.165, 1.54) is 54.6 Å². The van der Waals surface area contributed by atoms with Crippen LogP contribution in [0.1, 0.15) is 5.56 Å². The van der Waals surface area contributed by atoms with Crippen LogP contribution in [0.3, 0.4) is 0 Å². The third kappa shape index (κ3) is 4.22. The van der Waals surface area contributed by atoms with E-state index in [0.717, 1.165) is 17.1 Å². The first-order valence-corrected chi connectivity index (χ1v) is 15.6. The van der Waals surface area contributed by atoms with Gasteiger partial charge in [-0.3, -0.25) is 4.99 Å². The van der Waals surface area contributed by atoms with Gasteiger partial charge in [0.2, 0.25) is 0 Å². The molecule has 0 saturated heterocycles. The lowest BCUT2D eigenvalue weighted by Crippen LogP contribution is -2.39. The monoisotopic (exact) mass is 574 g/mol. The van der Waals surface area contributed by atoms with Crippen molar-refractivity contribution in [3.8, 4) is 22.3 Å². The summed E-state index contributed by atoms with van der Waals surface area (Å²) in [5.74, 6) is 1.01. The molecular formula is C43H30N2. The molecule has 1 aliphatic heterocycles. The van der Waals surface area contributed by atoms with Crippen molar-refractivity contribution in [2.75, 3.05) is 4.90 Å². The molecule has 0 aromatic heterocycles. The van der Waals surface area contributed by atoms with Crippen molar-refractivity contribution < 1.29 is 0 Å². The molecule has 45 heavy (non-hydrogen) atoms. The number of anilines is 1. The minimum absolute atomic E-state index is 0.112. The maximum absolute atomic E-state index is 5.21. The average molecular weight is 575 g/mol. The fraction of sp³-hybridized carbons (Fsp3) is 0.0465. The minimum Gasteiger partial charge on any atom is -0.317 e. The second-order valence-corrected chi connectivity index (χ2v) is 11.9. The zero-order valence-corrected chi connectivity index (χ0v) is 24.7. The molecule has 7 aromatic carbocycles. The molecule has 1 aliphatic carbocycles. The number of rotatable bonds is 4. The summed E-state index contributed by atoms with van der Waals surface area (Å²) < 4.78 is 0. The fourth-order valence-corrected chi connectivity index (χ4v) is 7.26. The van der Waals surface area contributed by atoms with Crippen LogP contribution in [0.25, 0.3) is 54.6 Å². The second kappa shape index (κ2) is 10.5. The maximum atomic E-state index is 5.21. The number of hydrogen-bond acceptors (Lipinski definition) is 2. The van der Waals surface area contributed by atoms with E-state index in [0.29, 0.717) is 0 Å². The zero-order valence-electron chi connectivity index (χ0n) is 24.7. The van der Waals surface area contributed by atoms with E-state index in [1.54, 1.807) is 0 Å². The summed E-state index contributed by atoms with van der Waals surface area (Å²) >= 11 is 0. The van der Waals surface area contributed by atoms with Gasteiger partial charge in [0.25, 0.3) is 0 Å². The molecule has 2 heteroatoms. The molecule has 212 valence electrons. The lowest BCUT2D eigenvalue weighted by atomic mass is 9.85. The molecule has 0 saturated carbocycles. The number of aliphatic imine (C=N–C) groups is 1. The standard InChI is InChI=1S/C43H30N2/c1-2-14-34(15-3-1)45-40-21-11-10-20-39(40)44-43(45)31-25-23-30(24-26-31)41-35-16-6-8-18-37(35)42(38-19-9-7-17-36(38)41)33-27-22-29-12-4-5-13-32(29)28-33/h1-28,39-40H. The molecule has 0 fully saturated rings. The molecule has 2 unspecified atom stereocenters. The Morgan fingerprint density at radius 2 is 0.978 bits per heavy atom. The van der Waals surface area contributed by atoms with Crippen LogP contribution in [0, 0.1) is 0 Å². The van der Waals surface area contributed by atoms with Gasteiger partial charge in [0.05, 0.1) is 12.1 Å². The third-order valence-corrected chi connectivity index (χ3v) is 9.31. The fourth-order valence-electron chi connectivity index (χ4n) is 7.26. The molecule has 9 rings (SSSR count).